The molecule has 318 valence electrons. The molecular weight excluding hydrogens is 837 g/mol. The average molecular weight is 885 g/mol. The van der Waals surface area contributed by atoms with Crippen molar-refractivity contribution in [2.75, 3.05) is 0 Å². The van der Waals surface area contributed by atoms with Gasteiger partial charge in [-0.1, -0.05) is 97.1 Å². The Kier molecular flexibility index (Phi) is 8.51. The standard InChI is InChI=1S/C62H48N2S2/c1-33-13-9-14-34(2)53(33)41-21-25-47-45(29-41)57-59-62(66-51-31-43(23-27-49(51)63(47)59)55-37(5)17-11-18-38(55)6)58-46-30-42(54-35(3)15-10-16-36(54)4)22-26-48(46)64-50-28-24-44(32-52(50)65-61(57)60(58)64)56-39(7)19-12-20-40(56)8/h9-32H,1-8H3. The smallest absolute Gasteiger partial charge is 0.0736 e. The van der Waals surface area contributed by atoms with E-state index < -0.39 is 0 Å². The fraction of sp³-hybridized carbons (Fsp3) is 0.129. The fourth-order valence-corrected chi connectivity index (χ4v) is 14.4. The highest BCUT2D eigenvalue weighted by Crippen LogP contribution is 2.52. The zero-order chi connectivity index (χ0) is 44.9. The maximum Gasteiger partial charge on any atom is 0.0736 e. The van der Waals surface area contributed by atoms with Gasteiger partial charge in [-0.2, -0.15) is 0 Å². The Bertz CT molecular complexity index is 3900. The molecular formula is C62H48N2S2. The molecule has 0 aliphatic heterocycles. The van der Waals surface area contributed by atoms with E-state index in [0.717, 1.165) is 0 Å². The lowest BCUT2D eigenvalue weighted by atomic mass is 9.94. The molecule has 0 aliphatic carbocycles. The summed E-state index contributed by atoms with van der Waals surface area (Å²) in [5.74, 6) is 0. The van der Waals surface area contributed by atoms with Gasteiger partial charge in [-0.3, -0.25) is 0 Å². The maximum atomic E-state index is 2.62. The van der Waals surface area contributed by atoms with Crippen LogP contribution in [0.2, 0.25) is 0 Å². The van der Waals surface area contributed by atoms with Gasteiger partial charge in [0.15, 0.2) is 0 Å². The molecule has 2 nitrogen and oxygen atoms in total. The minimum atomic E-state index is 1.24. The molecule has 13 rings (SSSR count). The number of fused-ring (bicyclic) bond motifs is 12. The summed E-state index contributed by atoms with van der Waals surface area (Å²) < 4.78 is 10.5. The molecule has 4 heterocycles. The van der Waals surface area contributed by atoms with E-state index in [2.05, 4.69) is 210 Å². The summed E-state index contributed by atoms with van der Waals surface area (Å²) in [5.41, 5.74) is 28.4. The van der Waals surface area contributed by atoms with Crippen LogP contribution in [0.1, 0.15) is 44.5 Å². The minimum Gasteiger partial charge on any atom is -0.306 e. The molecule has 0 saturated heterocycles. The van der Waals surface area contributed by atoms with E-state index in [1.807, 2.05) is 22.7 Å². The predicted octanol–water partition coefficient (Wildman–Crippen LogP) is 18.4. The molecule has 4 aromatic heterocycles. The highest BCUT2D eigenvalue weighted by atomic mass is 32.1. The second kappa shape index (κ2) is 14.3. The Labute approximate surface area is 392 Å². The van der Waals surface area contributed by atoms with Crippen LogP contribution in [0.5, 0.6) is 0 Å². The zero-order valence-electron chi connectivity index (χ0n) is 38.6. The van der Waals surface area contributed by atoms with Crippen molar-refractivity contribution in [3.63, 3.8) is 0 Å². The van der Waals surface area contributed by atoms with Crippen LogP contribution in [0.15, 0.2) is 146 Å². The number of hydrogen-bond donors (Lipinski definition) is 0. The first-order valence-corrected chi connectivity index (χ1v) is 24.7. The van der Waals surface area contributed by atoms with E-state index in [-0.39, 0.29) is 0 Å². The minimum absolute atomic E-state index is 1.24. The van der Waals surface area contributed by atoms with Crippen molar-refractivity contribution in [3.8, 4) is 44.5 Å². The topological polar surface area (TPSA) is 8.82 Å². The first kappa shape index (κ1) is 39.4. The SMILES string of the molecule is Cc1cccc(C)c1-c1ccc2c(c1)sc1c3c4cc(-c5c(C)cccc5C)ccc4n4c5ccc(-c6c(C)cccc6C)cc5sc(c5c6cc(-c7c(C)cccc7C)ccc6n2c15)c34. The molecule has 0 amide bonds. The largest absolute Gasteiger partial charge is 0.306 e. The van der Waals surface area contributed by atoms with Crippen LogP contribution in [0, 0.1) is 55.4 Å². The second-order valence-electron chi connectivity index (χ2n) is 18.9. The lowest BCUT2D eigenvalue weighted by Gasteiger charge is -2.15. The molecule has 0 fully saturated rings. The highest BCUT2D eigenvalue weighted by Gasteiger charge is 2.27. The summed E-state index contributed by atoms with van der Waals surface area (Å²) in [6.45, 7) is 18.0. The number of aryl methyl sites for hydroxylation is 8. The summed E-state index contributed by atoms with van der Waals surface area (Å²) in [6.07, 6.45) is 0. The van der Waals surface area contributed by atoms with Gasteiger partial charge in [0, 0.05) is 21.5 Å². The molecule has 4 heteroatoms. The number of hydrogen-bond acceptors (Lipinski definition) is 2. The molecule has 0 atom stereocenters. The summed E-state index contributed by atoms with van der Waals surface area (Å²) in [7, 11) is 0. The molecule has 66 heavy (non-hydrogen) atoms. The summed E-state index contributed by atoms with van der Waals surface area (Å²) >= 11 is 3.93. The molecule has 0 spiro atoms. The highest BCUT2D eigenvalue weighted by molar-refractivity contribution is 7.27. The number of rotatable bonds is 4. The van der Waals surface area contributed by atoms with Gasteiger partial charge in [0.1, 0.15) is 0 Å². The molecule has 0 aliphatic rings. The van der Waals surface area contributed by atoms with Gasteiger partial charge >= 0.3 is 0 Å². The molecule has 0 N–H and O–H groups in total. The van der Waals surface area contributed by atoms with Crippen molar-refractivity contribution in [2.45, 2.75) is 55.4 Å². The van der Waals surface area contributed by atoms with Crippen molar-refractivity contribution in [3.05, 3.63) is 190 Å². The average Bonchev–Trinajstić information content (AvgIpc) is 3.82. The summed E-state index contributed by atoms with van der Waals surface area (Å²) in [4.78, 5) is 0. The molecule has 0 unspecified atom stereocenters. The van der Waals surface area contributed by atoms with E-state index in [1.54, 1.807) is 0 Å². The van der Waals surface area contributed by atoms with Gasteiger partial charge in [-0.25, -0.2) is 0 Å². The van der Waals surface area contributed by atoms with E-state index >= 15 is 0 Å². The van der Waals surface area contributed by atoms with Crippen molar-refractivity contribution < 1.29 is 0 Å². The first-order chi connectivity index (χ1) is 32.0. The second-order valence-corrected chi connectivity index (χ2v) is 21.0. The summed E-state index contributed by atoms with van der Waals surface area (Å²) in [5, 5.41) is 5.27. The normalized spacial score (nSPS) is 12.2. The van der Waals surface area contributed by atoms with Crippen molar-refractivity contribution in [1.82, 2.24) is 8.80 Å². The van der Waals surface area contributed by atoms with Crippen LogP contribution in [-0.4, -0.2) is 8.80 Å². The Morgan fingerprint density at radius 2 is 0.576 bits per heavy atom. The quantitative estimate of drug-likeness (QED) is 0.156. The summed E-state index contributed by atoms with van der Waals surface area (Å²) in [6, 6.07) is 55.7. The third-order valence-electron chi connectivity index (χ3n) is 14.7. The van der Waals surface area contributed by atoms with Crippen LogP contribution in [0.3, 0.4) is 0 Å². The lowest BCUT2D eigenvalue weighted by molar-refractivity contribution is 1.34. The Hall–Kier alpha value is -6.98. The molecule has 0 bridgehead atoms. The molecule has 13 aromatic rings. The van der Waals surface area contributed by atoms with Gasteiger partial charge in [0.2, 0.25) is 0 Å². The monoisotopic (exact) mass is 884 g/mol. The maximum absolute atomic E-state index is 2.62. The first-order valence-electron chi connectivity index (χ1n) is 23.1. The Balaban J connectivity index is 1.27. The van der Waals surface area contributed by atoms with E-state index in [9.17, 15) is 0 Å². The lowest BCUT2D eigenvalue weighted by Crippen LogP contribution is -1.93. The van der Waals surface area contributed by atoms with Gasteiger partial charge in [-0.05, 0) is 193 Å². The predicted molar refractivity (Wildman–Crippen MR) is 289 cm³/mol. The molecule has 9 aromatic carbocycles. The van der Waals surface area contributed by atoms with Crippen LogP contribution in [0.4, 0.5) is 0 Å². The van der Waals surface area contributed by atoms with Crippen molar-refractivity contribution in [1.29, 1.82) is 0 Å². The molecule has 0 radical (unpaired) electrons. The third-order valence-corrected chi connectivity index (χ3v) is 17.0. The third kappa shape index (κ3) is 5.46. The number of nitrogens with zero attached hydrogens (tertiary/aromatic N) is 2. The van der Waals surface area contributed by atoms with Gasteiger partial charge < -0.3 is 8.80 Å². The van der Waals surface area contributed by atoms with Gasteiger partial charge in [0.25, 0.3) is 0 Å². The van der Waals surface area contributed by atoms with E-state index in [0.29, 0.717) is 0 Å². The van der Waals surface area contributed by atoms with E-state index in [4.69, 9.17) is 0 Å². The van der Waals surface area contributed by atoms with E-state index in [1.165, 1.54) is 162 Å². The van der Waals surface area contributed by atoms with Crippen LogP contribution < -0.4 is 0 Å². The van der Waals surface area contributed by atoms with Crippen LogP contribution in [0.25, 0.3) is 118 Å². The van der Waals surface area contributed by atoms with Crippen LogP contribution >= 0.6 is 22.7 Å². The Morgan fingerprint density at radius 3 is 0.879 bits per heavy atom. The van der Waals surface area contributed by atoms with Crippen molar-refractivity contribution in [2.24, 2.45) is 0 Å². The van der Waals surface area contributed by atoms with Gasteiger partial charge in [-0.15, -0.1) is 22.7 Å². The van der Waals surface area contributed by atoms with Crippen LogP contribution in [-0.2, 0) is 0 Å². The number of aromatic nitrogens is 2. The number of benzene rings is 9. The molecule has 0 saturated carbocycles. The van der Waals surface area contributed by atoms with Gasteiger partial charge in [0.05, 0.1) is 51.9 Å². The fourth-order valence-electron chi connectivity index (χ4n) is 11.9. The Morgan fingerprint density at radius 1 is 0.303 bits per heavy atom. The van der Waals surface area contributed by atoms with Crippen molar-refractivity contribution >= 4 is 96.1 Å². The zero-order valence-corrected chi connectivity index (χ0v) is 40.2.